The number of hydrogen-bond acceptors (Lipinski definition) is 5. The second-order valence-corrected chi connectivity index (χ2v) is 7.11. The van der Waals surface area contributed by atoms with Crippen LogP contribution in [0.1, 0.15) is 20.9 Å². The molecule has 0 aliphatic rings. The number of hydrogen-bond donors (Lipinski definition) is 2. The van der Waals surface area contributed by atoms with E-state index in [0.717, 1.165) is 31.6 Å². The molecule has 26 heavy (non-hydrogen) atoms. The molecule has 0 fully saturated rings. The molecule has 4 rings (SSSR count). The van der Waals surface area contributed by atoms with Crippen LogP contribution in [0.15, 0.2) is 59.7 Å². The molecule has 128 valence electrons. The second kappa shape index (κ2) is 6.57. The van der Waals surface area contributed by atoms with Gasteiger partial charge >= 0.3 is 0 Å². The molecule has 0 radical (unpaired) electrons. The minimum Gasteiger partial charge on any atom is -0.507 e. The first-order chi connectivity index (χ1) is 12.6. The number of carbonyl (C=O) groups excluding carboxylic acids is 1. The largest absolute Gasteiger partial charge is 0.507 e. The highest BCUT2D eigenvalue weighted by molar-refractivity contribution is 7.18. The topological polar surface area (TPSA) is 74.6 Å². The van der Waals surface area contributed by atoms with E-state index in [-0.39, 0.29) is 11.3 Å². The van der Waals surface area contributed by atoms with Gasteiger partial charge in [-0.2, -0.15) is 5.10 Å². The molecule has 0 aliphatic heterocycles. The molecule has 1 amide bonds. The SMILES string of the molecule is Cc1nc2ccc(/C=N\NC(=O)c3cc4ccccc4cc3O)cc2s1. The number of nitrogens with one attached hydrogen (secondary N) is 1. The summed E-state index contributed by atoms with van der Waals surface area (Å²) in [5, 5.41) is 16.9. The summed E-state index contributed by atoms with van der Waals surface area (Å²) in [7, 11) is 0. The van der Waals surface area contributed by atoms with Crippen LogP contribution in [0.4, 0.5) is 0 Å². The van der Waals surface area contributed by atoms with Crippen LogP contribution in [-0.2, 0) is 0 Å². The van der Waals surface area contributed by atoms with Gasteiger partial charge in [0.2, 0.25) is 0 Å². The van der Waals surface area contributed by atoms with Crippen LogP contribution < -0.4 is 5.43 Å². The van der Waals surface area contributed by atoms with Crippen LogP contribution in [-0.4, -0.2) is 22.2 Å². The van der Waals surface area contributed by atoms with E-state index in [1.807, 2.05) is 49.4 Å². The van der Waals surface area contributed by atoms with Crippen molar-refractivity contribution in [2.75, 3.05) is 0 Å². The summed E-state index contributed by atoms with van der Waals surface area (Å²) in [5.74, 6) is -0.530. The number of aryl methyl sites for hydroxylation is 1. The van der Waals surface area contributed by atoms with Crippen molar-refractivity contribution in [2.24, 2.45) is 5.10 Å². The van der Waals surface area contributed by atoms with Crippen molar-refractivity contribution in [3.05, 3.63) is 70.7 Å². The van der Waals surface area contributed by atoms with Crippen LogP contribution >= 0.6 is 11.3 Å². The Labute approximate surface area is 153 Å². The predicted octanol–water partition coefficient (Wildman–Crippen LogP) is 4.23. The molecule has 0 atom stereocenters. The highest BCUT2D eigenvalue weighted by atomic mass is 32.1. The van der Waals surface area contributed by atoms with Crippen LogP contribution in [0, 0.1) is 6.92 Å². The lowest BCUT2D eigenvalue weighted by Crippen LogP contribution is -2.17. The summed E-state index contributed by atoms with van der Waals surface area (Å²) in [4.78, 5) is 16.7. The summed E-state index contributed by atoms with van der Waals surface area (Å²) >= 11 is 1.61. The number of aromatic hydroxyl groups is 1. The smallest absolute Gasteiger partial charge is 0.275 e. The zero-order chi connectivity index (χ0) is 18.1. The first kappa shape index (κ1) is 16.2. The van der Waals surface area contributed by atoms with E-state index in [1.54, 1.807) is 29.7 Å². The Balaban J connectivity index is 1.54. The van der Waals surface area contributed by atoms with E-state index in [0.29, 0.717) is 0 Å². The van der Waals surface area contributed by atoms with Gasteiger partial charge in [0.1, 0.15) is 5.75 Å². The van der Waals surface area contributed by atoms with Crippen molar-refractivity contribution in [3.8, 4) is 5.75 Å². The summed E-state index contributed by atoms with van der Waals surface area (Å²) in [6.07, 6.45) is 1.57. The monoisotopic (exact) mass is 361 g/mol. The lowest BCUT2D eigenvalue weighted by molar-refractivity contribution is 0.0952. The number of phenols is 1. The van der Waals surface area contributed by atoms with Crippen molar-refractivity contribution in [3.63, 3.8) is 0 Å². The lowest BCUT2D eigenvalue weighted by atomic mass is 10.1. The number of benzene rings is 3. The van der Waals surface area contributed by atoms with Crippen LogP contribution in [0.3, 0.4) is 0 Å². The lowest BCUT2D eigenvalue weighted by Gasteiger charge is -2.05. The number of thiazole rings is 1. The molecule has 4 aromatic rings. The van der Waals surface area contributed by atoms with Crippen molar-refractivity contribution in [2.45, 2.75) is 6.92 Å². The maximum absolute atomic E-state index is 12.3. The van der Waals surface area contributed by atoms with Crippen molar-refractivity contribution in [1.82, 2.24) is 10.4 Å². The van der Waals surface area contributed by atoms with Gasteiger partial charge in [-0.05, 0) is 47.5 Å². The van der Waals surface area contributed by atoms with Crippen molar-refractivity contribution < 1.29 is 9.90 Å². The average molecular weight is 361 g/mol. The van der Waals surface area contributed by atoms with Gasteiger partial charge < -0.3 is 5.11 Å². The summed E-state index contributed by atoms with van der Waals surface area (Å²) in [5.41, 5.74) is 4.47. The number of fused-ring (bicyclic) bond motifs is 2. The first-order valence-corrected chi connectivity index (χ1v) is 8.84. The molecule has 0 saturated carbocycles. The number of phenolic OH excluding ortho intramolecular Hbond substituents is 1. The number of carbonyl (C=O) groups is 1. The number of hydrazone groups is 1. The molecule has 0 aliphatic carbocycles. The van der Waals surface area contributed by atoms with Crippen molar-refractivity contribution >= 4 is 44.4 Å². The number of amides is 1. The highest BCUT2D eigenvalue weighted by Gasteiger charge is 2.11. The molecular formula is C20H15N3O2S. The maximum atomic E-state index is 12.3. The Morgan fingerprint density at radius 1 is 1.15 bits per heavy atom. The van der Waals surface area contributed by atoms with Gasteiger partial charge in [0.05, 0.1) is 27.0 Å². The summed E-state index contributed by atoms with van der Waals surface area (Å²) in [6.45, 7) is 1.97. The molecular weight excluding hydrogens is 346 g/mol. The van der Waals surface area contributed by atoms with Crippen LogP contribution in [0.25, 0.3) is 21.0 Å². The number of aromatic nitrogens is 1. The quantitative estimate of drug-likeness (QED) is 0.424. The predicted molar refractivity (Wildman–Crippen MR) is 105 cm³/mol. The Bertz CT molecular complexity index is 1160. The Morgan fingerprint density at radius 3 is 2.73 bits per heavy atom. The van der Waals surface area contributed by atoms with Gasteiger partial charge in [-0.1, -0.05) is 30.3 Å². The molecule has 0 bridgehead atoms. The van der Waals surface area contributed by atoms with Gasteiger partial charge in [0.25, 0.3) is 5.91 Å². The van der Waals surface area contributed by atoms with E-state index >= 15 is 0 Å². The molecule has 0 unspecified atom stereocenters. The second-order valence-electron chi connectivity index (χ2n) is 5.88. The van der Waals surface area contributed by atoms with Gasteiger partial charge in [-0.25, -0.2) is 10.4 Å². The molecule has 6 heteroatoms. The first-order valence-electron chi connectivity index (χ1n) is 8.02. The Hall–Kier alpha value is -3.25. The fourth-order valence-corrected chi connectivity index (χ4v) is 3.65. The van der Waals surface area contributed by atoms with Gasteiger partial charge in [0, 0.05) is 0 Å². The van der Waals surface area contributed by atoms with E-state index in [2.05, 4.69) is 15.5 Å². The van der Waals surface area contributed by atoms with Crippen LogP contribution in [0.5, 0.6) is 5.75 Å². The van der Waals surface area contributed by atoms with Crippen LogP contribution in [0.2, 0.25) is 0 Å². The minimum absolute atomic E-state index is 0.0713. The van der Waals surface area contributed by atoms with E-state index in [1.165, 1.54) is 0 Å². The third-order valence-electron chi connectivity index (χ3n) is 4.01. The van der Waals surface area contributed by atoms with Gasteiger partial charge in [-0.3, -0.25) is 4.79 Å². The molecule has 1 heterocycles. The fourth-order valence-electron chi connectivity index (χ4n) is 2.77. The zero-order valence-electron chi connectivity index (χ0n) is 13.9. The normalized spacial score (nSPS) is 11.4. The summed E-state index contributed by atoms with van der Waals surface area (Å²) < 4.78 is 1.07. The standard InChI is InChI=1S/C20H15N3O2S/c1-12-22-17-7-6-13(8-19(17)26-12)11-21-23-20(25)16-9-14-4-2-3-5-15(14)10-18(16)24/h2-11,24H,1H3,(H,23,25)/b21-11-. The highest BCUT2D eigenvalue weighted by Crippen LogP contribution is 2.25. The maximum Gasteiger partial charge on any atom is 0.275 e. The van der Waals surface area contributed by atoms with E-state index in [4.69, 9.17) is 0 Å². The van der Waals surface area contributed by atoms with E-state index in [9.17, 15) is 9.90 Å². The Kier molecular flexibility index (Phi) is 4.10. The van der Waals surface area contributed by atoms with Crippen molar-refractivity contribution in [1.29, 1.82) is 0 Å². The fraction of sp³-hybridized carbons (Fsp3) is 0.0500. The average Bonchev–Trinajstić information content (AvgIpc) is 3.00. The summed E-state index contributed by atoms with van der Waals surface area (Å²) in [6, 6.07) is 16.6. The number of rotatable bonds is 3. The molecule has 0 spiro atoms. The molecule has 2 N–H and O–H groups in total. The Morgan fingerprint density at radius 2 is 1.92 bits per heavy atom. The molecule has 1 aromatic heterocycles. The molecule has 3 aromatic carbocycles. The third-order valence-corrected chi connectivity index (χ3v) is 4.94. The van der Waals surface area contributed by atoms with E-state index < -0.39 is 5.91 Å². The zero-order valence-corrected chi connectivity index (χ0v) is 14.7. The number of nitrogens with zero attached hydrogens (tertiary/aromatic N) is 2. The van der Waals surface area contributed by atoms with Gasteiger partial charge in [-0.15, -0.1) is 11.3 Å². The minimum atomic E-state index is -0.459. The third kappa shape index (κ3) is 3.14. The molecule has 5 nitrogen and oxygen atoms in total. The van der Waals surface area contributed by atoms with Gasteiger partial charge in [0.15, 0.2) is 0 Å². The molecule has 0 saturated heterocycles.